The van der Waals surface area contributed by atoms with Crippen LogP contribution in [-0.2, 0) is 57.0 Å². The van der Waals surface area contributed by atoms with E-state index in [0.717, 1.165) is 0 Å². The number of ether oxygens (including phenoxy) is 9. The average Bonchev–Trinajstić information content (AvgIpc) is 2.84. The van der Waals surface area contributed by atoms with Crippen LogP contribution in [0.4, 0.5) is 0 Å². The van der Waals surface area contributed by atoms with Gasteiger partial charge in [-0.3, -0.25) is 0 Å². The van der Waals surface area contributed by atoms with E-state index in [0.29, 0.717) is 39.6 Å². The zero-order valence-corrected chi connectivity index (χ0v) is 23.5. The van der Waals surface area contributed by atoms with E-state index in [4.69, 9.17) is 28.4 Å². The molecular formula is C21H39AlO15. The van der Waals surface area contributed by atoms with Crippen LogP contribution in [0.2, 0.25) is 0 Å². The normalized spacial score (nSPS) is 12.5. The summed E-state index contributed by atoms with van der Waals surface area (Å²) in [5, 5.41) is 30.6. The zero-order chi connectivity index (χ0) is 28.2. The topological polar surface area (TPSA) is 203 Å². The fourth-order valence-electron chi connectivity index (χ4n) is 1.77. The summed E-state index contributed by atoms with van der Waals surface area (Å²) in [6, 6.07) is 0. The smallest absolute Gasteiger partial charge is 0.545 e. The van der Waals surface area contributed by atoms with Crippen molar-refractivity contribution in [1.29, 1.82) is 0 Å². The number of aliphatic carboxylic acids is 3. The van der Waals surface area contributed by atoms with Gasteiger partial charge in [-0.05, 0) is 20.8 Å². The summed E-state index contributed by atoms with van der Waals surface area (Å²) >= 11 is 0. The number of carboxylic acid groups (broad SMARTS) is 3. The molecule has 0 fully saturated rings. The number of methoxy groups -OCH3 is 3. The second kappa shape index (κ2) is 32.6. The van der Waals surface area contributed by atoms with Crippen LogP contribution in [0, 0.1) is 0 Å². The third kappa shape index (κ3) is 30.7. The van der Waals surface area contributed by atoms with Crippen molar-refractivity contribution in [2.24, 2.45) is 0 Å². The number of rotatable bonds is 21. The first-order valence-corrected chi connectivity index (χ1v) is 10.9. The van der Waals surface area contributed by atoms with Crippen LogP contribution < -0.4 is 15.3 Å². The number of carbonyl (C=O) groups is 3. The first-order chi connectivity index (χ1) is 17.2. The Kier molecular flexibility index (Phi) is 37.6. The maximum atomic E-state index is 10.2. The minimum absolute atomic E-state index is 0. The summed E-state index contributed by atoms with van der Waals surface area (Å²) in [5.41, 5.74) is 0. The Morgan fingerprint density at radius 1 is 0.514 bits per heavy atom. The van der Waals surface area contributed by atoms with E-state index in [1.807, 2.05) is 20.8 Å². The van der Waals surface area contributed by atoms with E-state index in [1.54, 1.807) is 0 Å². The van der Waals surface area contributed by atoms with E-state index in [1.165, 1.54) is 21.3 Å². The van der Waals surface area contributed by atoms with Crippen LogP contribution in [0.1, 0.15) is 20.8 Å². The van der Waals surface area contributed by atoms with E-state index >= 15 is 0 Å². The Hall–Kier alpha value is -1.42. The summed E-state index contributed by atoms with van der Waals surface area (Å²) in [6.45, 7) is 8.84. The molecular weight excluding hydrogens is 519 g/mol. The minimum Gasteiger partial charge on any atom is -0.545 e. The van der Waals surface area contributed by atoms with Crippen LogP contribution in [0.25, 0.3) is 0 Å². The molecule has 0 aliphatic rings. The fourth-order valence-corrected chi connectivity index (χ4v) is 1.77. The van der Waals surface area contributed by atoms with Gasteiger partial charge in [-0.25, -0.2) is 0 Å². The zero-order valence-electron chi connectivity index (χ0n) is 22.3. The third-order valence-electron chi connectivity index (χ3n) is 3.32. The number of carboxylic acids is 3. The van der Waals surface area contributed by atoms with Gasteiger partial charge in [0.2, 0.25) is 0 Å². The summed E-state index contributed by atoms with van der Waals surface area (Å²) in [6.07, 6.45) is -3.90. The molecule has 0 amide bonds. The summed E-state index contributed by atoms with van der Waals surface area (Å²) < 4.78 is 42.3. The quantitative estimate of drug-likeness (QED) is 0.0746. The van der Waals surface area contributed by atoms with Crippen LogP contribution in [0.15, 0.2) is 0 Å². The molecule has 0 saturated carbocycles. The second-order valence-corrected chi connectivity index (χ2v) is 5.86. The molecule has 0 aliphatic heterocycles. The Balaban J connectivity index is -0.000000218. The molecule has 15 nitrogen and oxygen atoms in total. The van der Waals surface area contributed by atoms with Gasteiger partial charge < -0.3 is 72.3 Å². The van der Waals surface area contributed by atoms with Crippen molar-refractivity contribution < 1.29 is 72.3 Å². The second-order valence-electron chi connectivity index (χ2n) is 5.86. The summed E-state index contributed by atoms with van der Waals surface area (Å²) in [7, 11) is 3.71. The van der Waals surface area contributed by atoms with E-state index < -0.39 is 36.8 Å². The largest absolute Gasteiger partial charge is 3.00 e. The molecule has 3 atom stereocenters. The van der Waals surface area contributed by atoms with Crippen molar-refractivity contribution in [3.63, 3.8) is 0 Å². The predicted octanol–water partition coefficient (Wildman–Crippen LogP) is -4.10. The van der Waals surface area contributed by atoms with Gasteiger partial charge in [0.05, 0.1) is 57.5 Å². The predicted molar refractivity (Wildman–Crippen MR) is 121 cm³/mol. The standard InChI is InChI=1S/3C7H14O5.Al/c3*1-3-11-4-5-12-7(10-2)6(8)9;/h3*7H,3-5H2,1-2H3,(H,8,9);/q;;;+3/p-3. The minimum atomic E-state index is -1.38. The van der Waals surface area contributed by atoms with Gasteiger partial charge in [0.25, 0.3) is 0 Å². The van der Waals surface area contributed by atoms with Gasteiger partial charge in [0.1, 0.15) is 0 Å². The molecule has 0 aromatic heterocycles. The van der Waals surface area contributed by atoms with Crippen molar-refractivity contribution in [2.45, 2.75) is 39.6 Å². The Morgan fingerprint density at radius 3 is 0.865 bits per heavy atom. The molecule has 0 spiro atoms. The molecule has 37 heavy (non-hydrogen) atoms. The molecule has 16 heteroatoms. The maximum absolute atomic E-state index is 10.2. The summed E-state index contributed by atoms with van der Waals surface area (Å²) in [4.78, 5) is 30.6. The van der Waals surface area contributed by atoms with E-state index in [2.05, 4.69) is 14.2 Å². The van der Waals surface area contributed by atoms with Crippen molar-refractivity contribution in [2.75, 3.05) is 80.8 Å². The van der Waals surface area contributed by atoms with E-state index in [-0.39, 0.29) is 37.2 Å². The molecule has 0 heterocycles. The molecule has 0 rings (SSSR count). The monoisotopic (exact) mass is 558 g/mol. The van der Waals surface area contributed by atoms with Gasteiger partial charge in [-0.2, -0.15) is 0 Å². The van der Waals surface area contributed by atoms with Crippen LogP contribution in [0.3, 0.4) is 0 Å². The number of carbonyl (C=O) groups excluding carboxylic acids is 3. The molecule has 0 aliphatic carbocycles. The van der Waals surface area contributed by atoms with Crippen LogP contribution >= 0.6 is 0 Å². The molecule has 0 bridgehead atoms. The van der Waals surface area contributed by atoms with Crippen molar-refractivity contribution in [1.82, 2.24) is 0 Å². The van der Waals surface area contributed by atoms with Gasteiger partial charge in [-0.1, -0.05) is 0 Å². The van der Waals surface area contributed by atoms with Crippen LogP contribution in [-0.4, -0.2) is 135 Å². The Bertz CT molecular complexity index is 453. The van der Waals surface area contributed by atoms with Crippen LogP contribution in [0.5, 0.6) is 0 Å². The van der Waals surface area contributed by atoms with Gasteiger partial charge in [-0.15, -0.1) is 0 Å². The maximum Gasteiger partial charge on any atom is 3.00 e. The fraction of sp³-hybridized carbons (Fsp3) is 0.857. The average molecular weight is 559 g/mol. The first-order valence-electron chi connectivity index (χ1n) is 10.9. The Morgan fingerprint density at radius 2 is 0.730 bits per heavy atom. The number of hydrogen-bond acceptors (Lipinski definition) is 15. The molecule has 0 aromatic carbocycles. The van der Waals surface area contributed by atoms with Gasteiger partial charge in [0.15, 0.2) is 18.9 Å². The van der Waals surface area contributed by atoms with Crippen molar-refractivity contribution in [3.05, 3.63) is 0 Å². The third-order valence-corrected chi connectivity index (χ3v) is 3.32. The Labute approximate surface area is 228 Å². The number of hydrogen-bond donors (Lipinski definition) is 0. The molecule has 216 valence electrons. The summed E-state index contributed by atoms with van der Waals surface area (Å²) in [5.74, 6) is -4.14. The molecule has 0 radical (unpaired) electrons. The molecule has 0 aromatic rings. The molecule has 3 unspecified atom stereocenters. The molecule has 0 N–H and O–H groups in total. The van der Waals surface area contributed by atoms with E-state index in [9.17, 15) is 29.7 Å². The van der Waals surface area contributed by atoms with Gasteiger partial charge >= 0.3 is 17.4 Å². The molecule has 0 saturated heterocycles. The SMILES string of the molecule is CCOCCOC(OC)C(=O)[O-].CCOCCOC(OC)C(=O)[O-].CCOCCOC(OC)C(=O)[O-].[Al+3]. The van der Waals surface area contributed by atoms with Gasteiger partial charge in [0, 0.05) is 41.2 Å². The van der Waals surface area contributed by atoms with Crippen molar-refractivity contribution in [3.8, 4) is 0 Å². The van der Waals surface area contributed by atoms with Crippen molar-refractivity contribution >= 4 is 35.3 Å². The first kappa shape index (κ1) is 42.7.